The number of imide groups is 1. The summed E-state index contributed by atoms with van der Waals surface area (Å²) in [6.07, 6.45) is 16.2. The molecular weight excluding hydrogens is 867 g/mol. The normalized spacial score (nSPS) is 18.7. The van der Waals surface area contributed by atoms with Crippen molar-refractivity contribution in [3.63, 3.8) is 0 Å². The standard InChI is InChI=1S/C50H63N11O5S/c1-2-50(51)21-26-60(27-22-50)43-31-53-46(32-52-43)67-38-11-9-10-37(29-38)55-44(62)12-7-5-3-4-6-8-23-59-24-19-35(20-25-59)40-15-16-41(58-57-40)47(64)54-30-34-13-14-39-36(28-34)33-61(49(39)66)42-17-18-45(63)56-48(42)65/h9-11,13-16,28-29,31-32,35,42H,2-8,12,17-27,30,33,51H2,1H3,(H,54,64)(H,55,62)(H,56,63,65). The summed E-state index contributed by atoms with van der Waals surface area (Å²) in [5.41, 5.74) is 10.5. The number of carbonyl (C=O) groups excluding carboxylic acids is 5. The van der Waals surface area contributed by atoms with Gasteiger partial charge in [0.15, 0.2) is 5.69 Å². The number of anilines is 2. The lowest BCUT2D eigenvalue weighted by Gasteiger charge is -2.39. The summed E-state index contributed by atoms with van der Waals surface area (Å²) in [4.78, 5) is 79.3. The number of piperidine rings is 3. The predicted molar refractivity (Wildman–Crippen MR) is 256 cm³/mol. The first-order valence-electron chi connectivity index (χ1n) is 24.1. The van der Waals surface area contributed by atoms with E-state index in [1.165, 1.54) is 29.5 Å². The van der Waals surface area contributed by atoms with Gasteiger partial charge < -0.3 is 31.1 Å². The van der Waals surface area contributed by atoms with Crippen LogP contribution in [0.5, 0.6) is 0 Å². The van der Waals surface area contributed by atoms with E-state index in [2.05, 4.69) is 52.8 Å². The van der Waals surface area contributed by atoms with Crippen molar-refractivity contribution in [2.45, 2.75) is 137 Å². The number of fused-ring (bicyclic) bond motifs is 1. The van der Waals surface area contributed by atoms with Gasteiger partial charge in [-0.05, 0) is 119 Å². The molecule has 4 aromatic rings. The van der Waals surface area contributed by atoms with Crippen LogP contribution >= 0.6 is 11.8 Å². The molecule has 1 unspecified atom stereocenters. The van der Waals surface area contributed by atoms with Crippen LogP contribution in [0.2, 0.25) is 0 Å². The fourth-order valence-electron chi connectivity index (χ4n) is 9.51. The van der Waals surface area contributed by atoms with Crippen molar-refractivity contribution in [2.75, 3.05) is 42.9 Å². The fourth-order valence-corrected chi connectivity index (χ4v) is 10.3. The minimum atomic E-state index is -0.669. The van der Waals surface area contributed by atoms with Gasteiger partial charge in [-0.25, -0.2) is 9.97 Å². The number of hydrogen-bond donors (Lipinski definition) is 4. The molecule has 0 spiro atoms. The third kappa shape index (κ3) is 12.6. The quantitative estimate of drug-likeness (QED) is 0.0597. The molecular formula is C50H63N11O5S. The highest BCUT2D eigenvalue weighted by atomic mass is 32.2. The van der Waals surface area contributed by atoms with E-state index in [0.29, 0.717) is 24.3 Å². The molecule has 3 fully saturated rings. The Morgan fingerprint density at radius 3 is 2.40 bits per heavy atom. The predicted octanol–water partition coefficient (Wildman–Crippen LogP) is 6.37. The number of nitrogens with two attached hydrogens (primary N) is 1. The summed E-state index contributed by atoms with van der Waals surface area (Å²) in [5, 5.41) is 17.8. The Bertz CT molecular complexity index is 2380. The molecule has 0 bridgehead atoms. The average molecular weight is 930 g/mol. The molecule has 17 heteroatoms. The van der Waals surface area contributed by atoms with Crippen LogP contribution in [0, 0.1) is 0 Å². The third-order valence-corrected chi connectivity index (χ3v) is 14.7. The van der Waals surface area contributed by atoms with E-state index in [9.17, 15) is 24.0 Å². The number of amides is 5. The van der Waals surface area contributed by atoms with Crippen LogP contribution in [-0.2, 0) is 27.5 Å². The summed E-state index contributed by atoms with van der Waals surface area (Å²) in [7, 11) is 0. The van der Waals surface area contributed by atoms with Crippen LogP contribution in [0.1, 0.15) is 140 Å². The molecule has 0 aliphatic carbocycles. The van der Waals surface area contributed by atoms with Gasteiger partial charge in [-0.15, -0.1) is 5.10 Å². The highest BCUT2D eigenvalue weighted by Gasteiger charge is 2.39. The van der Waals surface area contributed by atoms with E-state index in [1.807, 2.05) is 48.8 Å². The molecule has 16 nitrogen and oxygen atoms in total. The van der Waals surface area contributed by atoms with Gasteiger partial charge in [0.2, 0.25) is 17.7 Å². The Balaban J connectivity index is 0.659. The Morgan fingerprint density at radius 1 is 0.881 bits per heavy atom. The van der Waals surface area contributed by atoms with Gasteiger partial charge in [0, 0.05) is 66.6 Å². The van der Waals surface area contributed by atoms with Crippen molar-refractivity contribution in [1.82, 2.24) is 40.6 Å². The van der Waals surface area contributed by atoms with Gasteiger partial charge in [-0.2, -0.15) is 5.10 Å². The van der Waals surface area contributed by atoms with E-state index < -0.39 is 11.9 Å². The first kappa shape index (κ1) is 47.7. The molecule has 2 aromatic carbocycles. The molecule has 0 saturated carbocycles. The Hall–Kier alpha value is -5.78. The third-order valence-electron chi connectivity index (χ3n) is 13.8. The van der Waals surface area contributed by atoms with Gasteiger partial charge in [-0.3, -0.25) is 29.3 Å². The molecule has 1 atom stereocenters. The maximum Gasteiger partial charge on any atom is 0.272 e. The number of hydrogen-bond acceptors (Lipinski definition) is 13. The zero-order valence-corrected chi connectivity index (χ0v) is 39.3. The smallest absolute Gasteiger partial charge is 0.272 e. The lowest BCUT2D eigenvalue weighted by Crippen LogP contribution is -2.52. The van der Waals surface area contributed by atoms with Gasteiger partial charge in [0.25, 0.3) is 11.8 Å². The van der Waals surface area contributed by atoms with Crippen molar-refractivity contribution in [2.24, 2.45) is 5.73 Å². The molecule has 67 heavy (non-hydrogen) atoms. The van der Waals surface area contributed by atoms with E-state index in [-0.39, 0.29) is 54.4 Å². The van der Waals surface area contributed by atoms with E-state index in [0.717, 1.165) is 129 Å². The van der Waals surface area contributed by atoms with Crippen molar-refractivity contribution in [1.29, 1.82) is 0 Å². The first-order chi connectivity index (χ1) is 32.5. The molecule has 5 N–H and O–H groups in total. The summed E-state index contributed by atoms with van der Waals surface area (Å²) in [6.45, 7) is 7.59. The number of carbonyl (C=O) groups is 5. The molecule has 5 amide bonds. The van der Waals surface area contributed by atoms with Gasteiger partial charge >= 0.3 is 0 Å². The van der Waals surface area contributed by atoms with Crippen LogP contribution in [0.3, 0.4) is 0 Å². The van der Waals surface area contributed by atoms with E-state index >= 15 is 0 Å². The highest BCUT2D eigenvalue weighted by Crippen LogP contribution is 2.32. The molecule has 6 heterocycles. The Kier molecular flexibility index (Phi) is 15.9. The Labute approximate surface area is 397 Å². The van der Waals surface area contributed by atoms with Gasteiger partial charge in [0.05, 0.1) is 18.1 Å². The maximum atomic E-state index is 13.0. The zero-order chi connectivity index (χ0) is 46.8. The van der Waals surface area contributed by atoms with Crippen LogP contribution in [0.15, 0.2) is 76.9 Å². The van der Waals surface area contributed by atoms with Crippen LogP contribution in [-0.4, -0.2) is 104 Å². The minimum Gasteiger partial charge on any atom is -0.355 e. The molecule has 0 radical (unpaired) electrons. The van der Waals surface area contributed by atoms with E-state index in [1.54, 1.807) is 18.2 Å². The number of nitrogens with one attached hydrogen (secondary N) is 3. The highest BCUT2D eigenvalue weighted by molar-refractivity contribution is 7.99. The van der Waals surface area contributed by atoms with Crippen molar-refractivity contribution in [3.05, 3.63) is 95.1 Å². The summed E-state index contributed by atoms with van der Waals surface area (Å²) in [5.74, 6) is -0.0748. The largest absolute Gasteiger partial charge is 0.355 e. The van der Waals surface area contributed by atoms with Crippen molar-refractivity contribution in [3.8, 4) is 0 Å². The zero-order valence-electron chi connectivity index (χ0n) is 38.5. The number of rotatable bonds is 19. The molecule has 8 rings (SSSR count). The second-order valence-corrected chi connectivity index (χ2v) is 19.6. The van der Waals surface area contributed by atoms with Crippen LogP contribution in [0.25, 0.3) is 0 Å². The topological polar surface area (TPSA) is 209 Å². The van der Waals surface area contributed by atoms with Gasteiger partial charge in [-0.1, -0.05) is 62.6 Å². The number of likely N-dealkylation sites (tertiary alicyclic amines) is 1. The lowest BCUT2D eigenvalue weighted by atomic mass is 9.86. The number of nitrogens with zero attached hydrogens (tertiary/aromatic N) is 7. The second kappa shape index (κ2) is 22.3. The summed E-state index contributed by atoms with van der Waals surface area (Å²) in [6, 6.07) is 16.3. The van der Waals surface area contributed by atoms with Gasteiger partial charge in [0.1, 0.15) is 16.9 Å². The fraction of sp³-hybridized carbons (Fsp3) is 0.500. The average Bonchev–Trinajstić information content (AvgIpc) is 3.67. The van der Waals surface area contributed by atoms with Crippen LogP contribution < -0.4 is 26.6 Å². The second-order valence-electron chi connectivity index (χ2n) is 18.5. The lowest BCUT2D eigenvalue weighted by molar-refractivity contribution is -0.137. The Morgan fingerprint density at radius 2 is 1.67 bits per heavy atom. The van der Waals surface area contributed by atoms with Crippen molar-refractivity contribution < 1.29 is 24.0 Å². The SMILES string of the molecule is CCC1(N)CCN(c2cnc(Sc3cccc(NC(=O)CCCCCCCCN4CCC(c5ccc(C(=O)NCc6ccc7c(c6)CN(C6CCC(=O)NC6=O)C7=O)nn5)CC4)c3)cn2)CC1. The summed E-state index contributed by atoms with van der Waals surface area (Å²) >= 11 is 1.53. The molecule has 354 valence electrons. The number of unbranched alkanes of at least 4 members (excludes halogenated alkanes) is 5. The molecule has 3 saturated heterocycles. The minimum absolute atomic E-state index is 0.0423. The monoisotopic (exact) mass is 929 g/mol. The molecule has 2 aromatic heterocycles. The molecule has 4 aliphatic rings. The maximum absolute atomic E-state index is 13.0. The first-order valence-corrected chi connectivity index (χ1v) is 24.9. The number of aromatic nitrogens is 4. The van der Waals surface area contributed by atoms with E-state index in [4.69, 9.17) is 5.73 Å². The summed E-state index contributed by atoms with van der Waals surface area (Å²) < 4.78 is 0. The number of benzene rings is 2. The van der Waals surface area contributed by atoms with Crippen LogP contribution in [0.4, 0.5) is 11.5 Å². The van der Waals surface area contributed by atoms with Crippen molar-refractivity contribution >= 4 is 52.8 Å². The molecule has 4 aliphatic heterocycles.